The number of carbonyl (C=O) groups is 1. The highest BCUT2D eigenvalue weighted by molar-refractivity contribution is 6.33. The second-order valence-electron chi connectivity index (χ2n) is 7.84. The lowest BCUT2D eigenvalue weighted by molar-refractivity contribution is -0.141. The summed E-state index contributed by atoms with van der Waals surface area (Å²) in [5.74, 6) is -0.830. The molecule has 1 amide bonds. The fraction of sp³-hybridized carbons (Fsp3) is 0.474. The molecule has 1 unspecified atom stereocenters. The van der Waals surface area contributed by atoms with Crippen LogP contribution in [0, 0.1) is 5.41 Å². The molecule has 1 aromatic heterocycles. The van der Waals surface area contributed by atoms with E-state index >= 15 is 0 Å². The third kappa shape index (κ3) is 5.03. The lowest BCUT2D eigenvalue weighted by atomic mass is 9.82. The van der Waals surface area contributed by atoms with Crippen LogP contribution < -0.4 is 5.32 Å². The van der Waals surface area contributed by atoms with E-state index in [1.165, 1.54) is 7.05 Å². The Balaban J connectivity index is 2.38. The van der Waals surface area contributed by atoms with Crippen molar-refractivity contribution in [3.8, 4) is 0 Å². The van der Waals surface area contributed by atoms with E-state index in [2.05, 4.69) is 31.2 Å². The van der Waals surface area contributed by atoms with Gasteiger partial charge in [-0.3, -0.25) is 9.48 Å². The zero-order valence-corrected chi connectivity index (χ0v) is 16.7. The molecule has 0 aliphatic heterocycles. The average Bonchev–Trinajstić information content (AvgIpc) is 2.82. The van der Waals surface area contributed by atoms with Crippen molar-refractivity contribution in [2.75, 3.05) is 5.32 Å². The molecule has 0 bridgehead atoms. The first-order valence-electron chi connectivity index (χ1n) is 8.51. The first-order chi connectivity index (χ1) is 12.3. The van der Waals surface area contributed by atoms with Crippen molar-refractivity contribution >= 4 is 23.2 Å². The Kier molecular flexibility index (Phi) is 5.94. The quantitative estimate of drug-likeness (QED) is 0.694. The van der Waals surface area contributed by atoms with Gasteiger partial charge in [-0.25, -0.2) is 0 Å². The van der Waals surface area contributed by atoms with Gasteiger partial charge in [-0.05, 0) is 29.4 Å². The van der Waals surface area contributed by atoms with Crippen LogP contribution in [0.1, 0.15) is 61.6 Å². The Morgan fingerprint density at radius 3 is 2.41 bits per heavy atom. The number of carbonyl (C=O) groups excluding carboxylic acids is 1. The molecule has 1 N–H and O–H groups in total. The zero-order chi connectivity index (χ0) is 20.6. The molecule has 1 heterocycles. The van der Waals surface area contributed by atoms with Crippen molar-refractivity contribution in [3.05, 3.63) is 46.2 Å². The van der Waals surface area contributed by atoms with Gasteiger partial charge in [0.2, 0.25) is 0 Å². The highest BCUT2D eigenvalue weighted by Gasteiger charge is 2.41. The number of nitrogens with one attached hydrogen (secondary N) is 1. The van der Waals surface area contributed by atoms with Crippen molar-refractivity contribution < 1.29 is 18.0 Å². The summed E-state index contributed by atoms with van der Waals surface area (Å²) in [5, 5.41) is 5.57. The van der Waals surface area contributed by atoms with Gasteiger partial charge < -0.3 is 5.32 Å². The fourth-order valence-electron chi connectivity index (χ4n) is 3.16. The second kappa shape index (κ2) is 7.54. The molecule has 2 rings (SSSR count). The Morgan fingerprint density at radius 2 is 1.85 bits per heavy atom. The van der Waals surface area contributed by atoms with Gasteiger partial charge in [0, 0.05) is 12.7 Å². The van der Waals surface area contributed by atoms with Crippen LogP contribution in [0.2, 0.25) is 5.15 Å². The number of alkyl halides is 3. The SMILES string of the molecule is CC(CC(C)(C)C)c1ccccc1NC(=O)c1c(C(F)(F)F)nn(C)c1Cl. The van der Waals surface area contributed by atoms with Crippen molar-refractivity contribution in [1.82, 2.24) is 9.78 Å². The molecule has 4 nitrogen and oxygen atoms in total. The Hall–Kier alpha value is -2.02. The van der Waals surface area contributed by atoms with E-state index in [-0.39, 0.29) is 16.5 Å². The number of amides is 1. The summed E-state index contributed by atoms with van der Waals surface area (Å²) in [7, 11) is 1.26. The molecule has 0 spiro atoms. The second-order valence-corrected chi connectivity index (χ2v) is 8.20. The number of aryl methyl sites for hydroxylation is 1. The molecule has 148 valence electrons. The number of hydrogen-bond donors (Lipinski definition) is 1. The Bertz CT molecular complexity index is 838. The summed E-state index contributed by atoms with van der Waals surface area (Å²) in [5.41, 5.74) is -0.591. The minimum Gasteiger partial charge on any atom is -0.322 e. The van der Waals surface area contributed by atoms with E-state index in [4.69, 9.17) is 11.6 Å². The van der Waals surface area contributed by atoms with Crippen LogP contribution in [0.3, 0.4) is 0 Å². The fourth-order valence-corrected chi connectivity index (χ4v) is 3.37. The Labute approximate surface area is 161 Å². The summed E-state index contributed by atoms with van der Waals surface area (Å²) in [4.78, 5) is 12.6. The van der Waals surface area contributed by atoms with Gasteiger partial charge in [0.1, 0.15) is 10.7 Å². The van der Waals surface area contributed by atoms with Gasteiger partial charge in [0.25, 0.3) is 5.91 Å². The van der Waals surface area contributed by atoms with Crippen LogP contribution in [-0.4, -0.2) is 15.7 Å². The van der Waals surface area contributed by atoms with Crippen LogP contribution in [0.4, 0.5) is 18.9 Å². The highest BCUT2D eigenvalue weighted by Crippen LogP contribution is 2.37. The number of anilines is 1. The predicted molar refractivity (Wildman–Crippen MR) is 100 cm³/mol. The van der Waals surface area contributed by atoms with Gasteiger partial charge in [-0.2, -0.15) is 18.3 Å². The predicted octanol–water partition coefficient (Wildman–Crippen LogP) is 5.88. The lowest BCUT2D eigenvalue weighted by Crippen LogP contribution is -2.19. The van der Waals surface area contributed by atoms with Gasteiger partial charge >= 0.3 is 6.18 Å². The number of aromatic nitrogens is 2. The number of nitrogens with zero attached hydrogens (tertiary/aromatic N) is 2. The molecule has 0 fully saturated rings. The van der Waals surface area contributed by atoms with E-state index in [0.29, 0.717) is 5.69 Å². The van der Waals surface area contributed by atoms with Gasteiger partial charge in [0.05, 0.1) is 0 Å². The first kappa shape index (κ1) is 21.3. The van der Waals surface area contributed by atoms with Crippen LogP contribution in [0.15, 0.2) is 24.3 Å². The van der Waals surface area contributed by atoms with Crippen molar-refractivity contribution in [2.45, 2.75) is 46.2 Å². The summed E-state index contributed by atoms with van der Waals surface area (Å²) in [6.45, 7) is 8.34. The number of rotatable bonds is 4. The first-order valence-corrected chi connectivity index (χ1v) is 8.89. The maximum absolute atomic E-state index is 13.2. The third-order valence-corrected chi connectivity index (χ3v) is 4.56. The lowest BCUT2D eigenvalue weighted by Gasteiger charge is -2.25. The topological polar surface area (TPSA) is 46.9 Å². The zero-order valence-electron chi connectivity index (χ0n) is 15.9. The highest BCUT2D eigenvalue weighted by atomic mass is 35.5. The van der Waals surface area contributed by atoms with Crippen molar-refractivity contribution in [2.24, 2.45) is 12.5 Å². The molecule has 8 heteroatoms. The summed E-state index contributed by atoms with van der Waals surface area (Å²) in [6.07, 6.45) is -3.93. The molecule has 0 saturated heterocycles. The molecule has 1 atom stereocenters. The molecule has 0 saturated carbocycles. The van der Waals surface area contributed by atoms with Crippen LogP contribution >= 0.6 is 11.6 Å². The van der Waals surface area contributed by atoms with E-state index in [9.17, 15) is 18.0 Å². The summed E-state index contributed by atoms with van der Waals surface area (Å²) >= 11 is 5.91. The van der Waals surface area contributed by atoms with E-state index < -0.39 is 23.3 Å². The molecule has 0 radical (unpaired) electrons. The van der Waals surface area contributed by atoms with Gasteiger partial charge in [-0.15, -0.1) is 0 Å². The molecular weight excluding hydrogens is 379 g/mol. The normalized spacial score (nSPS) is 13.5. The van der Waals surface area contributed by atoms with Crippen molar-refractivity contribution in [3.63, 3.8) is 0 Å². The minimum absolute atomic E-state index is 0.0622. The standard InChI is InChI=1S/C19H23ClF3N3O/c1-11(10-18(2,3)4)12-8-6-7-9-13(12)24-17(27)14-15(19(21,22)23)25-26(5)16(14)20/h6-9,11H,10H2,1-5H3,(H,24,27). The Morgan fingerprint density at radius 1 is 1.26 bits per heavy atom. The third-order valence-electron chi connectivity index (χ3n) is 4.13. The smallest absolute Gasteiger partial charge is 0.322 e. The summed E-state index contributed by atoms with van der Waals surface area (Å²) < 4.78 is 40.5. The van der Waals surface area contributed by atoms with Gasteiger partial charge in [0.15, 0.2) is 5.69 Å². The number of benzene rings is 1. The van der Waals surface area contributed by atoms with E-state index in [0.717, 1.165) is 16.7 Å². The van der Waals surface area contributed by atoms with Crippen molar-refractivity contribution in [1.29, 1.82) is 0 Å². The molecule has 27 heavy (non-hydrogen) atoms. The molecule has 1 aromatic carbocycles. The number of para-hydroxylation sites is 1. The average molecular weight is 402 g/mol. The van der Waals surface area contributed by atoms with Crippen LogP contribution in [-0.2, 0) is 13.2 Å². The van der Waals surface area contributed by atoms with Crippen LogP contribution in [0.25, 0.3) is 0 Å². The molecule has 2 aromatic rings. The van der Waals surface area contributed by atoms with E-state index in [1.807, 2.05) is 19.1 Å². The van der Waals surface area contributed by atoms with E-state index in [1.54, 1.807) is 12.1 Å². The largest absolute Gasteiger partial charge is 0.436 e. The minimum atomic E-state index is -4.78. The number of halogens is 4. The monoisotopic (exact) mass is 401 g/mol. The molecule has 0 aliphatic carbocycles. The van der Waals surface area contributed by atoms with Gasteiger partial charge in [-0.1, -0.05) is 57.5 Å². The maximum atomic E-state index is 13.2. The molecular formula is C19H23ClF3N3O. The molecule has 0 aliphatic rings. The maximum Gasteiger partial charge on any atom is 0.436 e. The van der Waals surface area contributed by atoms with Crippen LogP contribution in [0.5, 0.6) is 0 Å². The number of hydrogen-bond acceptors (Lipinski definition) is 2. The summed E-state index contributed by atoms with van der Waals surface area (Å²) in [6, 6.07) is 7.09.